The van der Waals surface area contributed by atoms with E-state index in [1.54, 1.807) is 12.1 Å². The van der Waals surface area contributed by atoms with Crippen molar-refractivity contribution in [3.63, 3.8) is 0 Å². The second-order valence-corrected chi connectivity index (χ2v) is 3.60. The van der Waals surface area contributed by atoms with Crippen molar-refractivity contribution in [3.05, 3.63) is 40.6 Å². The zero-order chi connectivity index (χ0) is 11.5. The molecule has 0 fully saturated rings. The zero-order valence-electron chi connectivity index (χ0n) is 7.78. The highest BCUT2D eigenvalue weighted by molar-refractivity contribution is 6.30. The van der Waals surface area contributed by atoms with Gasteiger partial charge in [-0.2, -0.15) is 4.98 Å². The van der Waals surface area contributed by atoms with Crippen LogP contribution < -0.4 is 5.32 Å². The van der Waals surface area contributed by atoms with Gasteiger partial charge in [0.15, 0.2) is 11.6 Å². The lowest BCUT2D eigenvalue weighted by Gasteiger charge is -2.05. The standard InChI is InChI=1S/C9H5Cl2FN4/c10-5-1-2-7(13-3-5)15-8-6(12)4-14-9(11)16-8/h1-4H,(H,13,14,15,16). The van der Waals surface area contributed by atoms with Crippen molar-refractivity contribution in [2.24, 2.45) is 0 Å². The van der Waals surface area contributed by atoms with Crippen LogP contribution >= 0.6 is 23.2 Å². The topological polar surface area (TPSA) is 50.7 Å². The normalized spacial score (nSPS) is 10.2. The summed E-state index contributed by atoms with van der Waals surface area (Å²) in [5.74, 6) is -0.228. The molecule has 0 bridgehead atoms. The first kappa shape index (κ1) is 11.0. The van der Waals surface area contributed by atoms with Gasteiger partial charge in [-0.05, 0) is 23.7 Å². The van der Waals surface area contributed by atoms with Crippen LogP contribution in [0.1, 0.15) is 0 Å². The van der Waals surface area contributed by atoms with E-state index in [0.717, 1.165) is 6.20 Å². The summed E-state index contributed by atoms with van der Waals surface area (Å²) in [5, 5.41) is 3.11. The van der Waals surface area contributed by atoms with E-state index >= 15 is 0 Å². The molecule has 0 amide bonds. The minimum atomic E-state index is -0.610. The summed E-state index contributed by atoms with van der Waals surface area (Å²) in [6, 6.07) is 3.22. The fourth-order valence-electron chi connectivity index (χ4n) is 1.00. The molecule has 0 unspecified atom stereocenters. The largest absolute Gasteiger partial charge is 0.322 e. The maximum absolute atomic E-state index is 13.2. The van der Waals surface area contributed by atoms with E-state index in [-0.39, 0.29) is 11.1 Å². The number of pyridine rings is 1. The van der Waals surface area contributed by atoms with Gasteiger partial charge >= 0.3 is 0 Å². The first-order chi connectivity index (χ1) is 7.65. The second kappa shape index (κ2) is 4.59. The number of rotatable bonds is 2. The maximum atomic E-state index is 13.2. The third kappa shape index (κ3) is 2.56. The lowest BCUT2D eigenvalue weighted by atomic mass is 10.4. The van der Waals surface area contributed by atoms with Gasteiger partial charge in [0.25, 0.3) is 0 Å². The van der Waals surface area contributed by atoms with Gasteiger partial charge in [-0.3, -0.25) is 0 Å². The lowest BCUT2D eigenvalue weighted by Crippen LogP contribution is -2.00. The molecule has 2 aromatic rings. The second-order valence-electron chi connectivity index (χ2n) is 2.82. The molecule has 0 radical (unpaired) electrons. The summed E-state index contributed by atoms with van der Waals surface area (Å²) < 4.78 is 13.2. The van der Waals surface area contributed by atoms with Crippen molar-refractivity contribution >= 4 is 34.8 Å². The van der Waals surface area contributed by atoms with Crippen molar-refractivity contribution in [3.8, 4) is 0 Å². The van der Waals surface area contributed by atoms with Gasteiger partial charge < -0.3 is 5.32 Å². The van der Waals surface area contributed by atoms with Gasteiger partial charge in [-0.15, -0.1) is 0 Å². The van der Waals surface area contributed by atoms with E-state index in [0.29, 0.717) is 10.8 Å². The van der Waals surface area contributed by atoms with Crippen molar-refractivity contribution < 1.29 is 4.39 Å². The molecule has 7 heteroatoms. The van der Waals surface area contributed by atoms with E-state index in [4.69, 9.17) is 23.2 Å². The number of hydrogen-bond acceptors (Lipinski definition) is 4. The van der Waals surface area contributed by atoms with Crippen LogP contribution in [-0.2, 0) is 0 Å². The molecule has 0 aromatic carbocycles. The molecule has 2 heterocycles. The molecular weight excluding hydrogens is 254 g/mol. The van der Waals surface area contributed by atoms with Crippen LogP contribution in [0.4, 0.5) is 16.0 Å². The van der Waals surface area contributed by atoms with E-state index in [1.165, 1.54) is 6.20 Å². The van der Waals surface area contributed by atoms with Crippen molar-refractivity contribution in [1.29, 1.82) is 0 Å². The van der Waals surface area contributed by atoms with Gasteiger partial charge in [0.1, 0.15) is 5.82 Å². The third-order valence-corrected chi connectivity index (χ3v) is 2.09. The Kier molecular flexibility index (Phi) is 3.17. The summed E-state index contributed by atoms with van der Waals surface area (Å²) in [6.45, 7) is 0. The molecule has 82 valence electrons. The Balaban J connectivity index is 2.26. The summed E-state index contributed by atoms with van der Waals surface area (Å²) in [5.41, 5.74) is 0. The molecule has 4 nitrogen and oxygen atoms in total. The molecule has 2 rings (SSSR count). The molecular formula is C9H5Cl2FN4. The summed E-state index contributed by atoms with van der Waals surface area (Å²) in [4.78, 5) is 11.1. The van der Waals surface area contributed by atoms with Crippen LogP contribution in [0.3, 0.4) is 0 Å². The molecule has 0 saturated heterocycles. The SMILES string of the molecule is Fc1cnc(Cl)nc1Nc1ccc(Cl)cn1. The Morgan fingerprint density at radius 2 is 1.94 bits per heavy atom. The number of anilines is 2. The molecule has 0 aliphatic carbocycles. The van der Waals surface area contributed by atoms with Crippen LogP contribution in [0, 0.1) is 5.82 Å². The highest BCUT2D eigenvalue weighted by atomic mass is 35.5. The average molecular weight is 259 g/mol. The van der Waals surface area contributed by atoms with E-state index < -0.39 is 5.82 Å². The molecule has 0 aliphatic heterocycles. The highest BCUT2D eigenvalue weighted by Gasteiger charge is 2.06. The van der Waals surface area contributed by atoms with E-state index in [2.05, 4.69) is 20.3 Å². The Labute approximate surface area is 100 Å². The molecule has 16 heavy (non-hydrogen) atoms. The highest BCUT2D eigenvalue weighted by Crippen LogP contribution is 2.17. The summed E-state index contributed by atoms with van der Waals surface area (Å²) in [6.07, 6.45) is 2.41. The van der Waals surface area contributed by atoms with E-state index in [1.807, 2.05) is 0 Å². The van der Waals surface area contributed by atoms with Crippen molar-refractivity contribution in [1.82, 2.24) is 15.0 Å². The van der Waals surface area contributed by atoms with E-state index in [9.17, 15) is 4.39 Å². The maximum Gasteiger partial charge on any atom is 0.224 e. The van der Waals surface area contributed by atoms with Gasteiger partial charge in [-0.25, -0.2) is 14.4 Å². The number of nitrogens with zero attached hydrogens (tertiary/aromatic N) is 3. The predicted octanol–water partition coefficient (Wildman–Crippen LogP) is 3.06. The van der Waals surface area contributed by atoms with Crippen LogP contribution in [0.15, 0.2) is 24.5 Å². The Bertz CT molecular complexity index is 503. The van der Waals surface area contributed by atoms with Crippen LogP contribution in [0.5, 0.6) is 0 Å². The predicted molar refractivity (Wildman–Crippen MR) is 59.5 cm³/mol. The smallest absolute Gasteiger partial charge is 0.224 e. The lowest BCUT2D eigenvalue weighted by molar-refractivity contribution is 0.618. The summed E-state index contributed by atoms with van der Waals surface area (Å²) in [7, 11) is 0. The van der Waals surface area contributed by atoms with Crippen LogP contribution in [0.25, 0.3) is 0 Å². The monoisotopic (exact) mass is 258 g/mol. The number of nitrogens with one attached hydrogen (secondary N) is 1. The number of aromatic nitrogens is 3. The van der Waals surface area contributed by atoms with Gasteiger partial charge in [0, 0.05) is 6.20 Å². The molecule has 1 N–H and O–H groups in total. The summed E-state index contributed by atoms with van der Waals surface area (Å²) >= 11 is 11.2. The Hall–Kier alpha value is -1.46. The zero-order valence-corrected chi connectivity index (χ0v) is 9.30. The molecule has 0 spiro atoms. The van der Waals surface area contributed by atoms with Crippen LogP contribution in [-0.4, -0.2) is 15.0 Å². The van der Waals surface area contributed by atoms with Crippen molar-refractivity contribution in [2.45, 2.75) is 0 Å². The fourth-order valence-corrected chi connectivity index (χ4v) is 1.25. The minimum absolute atomic E-state index is 0.0326. The quantitative estimate of drug-likeness (QED) is 0.842. The average Bonchev–Trinajstić information content (AvgIpc) is 2.27. The van der Waals surface area contributed by atoms with Crippen LogP contribution in [0.2, 0.25) is 10.3 Å². The molecule has 0 aliphatic rings. The Morgan fingerprint density at radius 1 is 1.12 bits per heavy atom. The number of hydrogen-bond donors (Lipinski definition) is 1. The molecule has 0 saturated carbocycles. The first-order valence-electron chi connectivity index (χ1n) is 4.22. The van der Waals surface area contributed by atoms with Crippen molar-refractivity contribution in [2.75, 3.05) is 5.32 Å². The first-order valence-corrected chi connectivity index (χ1v) is 4.97. The van der Waals surface area contributed by atoms with Gasteiger partial charge in [0.05, 0.1) is 11.2 Å². The molecule has 0 atom stereocenters. The van der Waals surface area contributed by atoms with Gasteiger partial charge in [0.2, 0.25) is 5.28 Å². The van der Waals surface area contributed by atoms with Gasteiger partial charge in [-0.1, -0.05) is 11.6 Å². The third-order valence-electron chi connectivity index (χ3n) is 1.69. The molecule has 2 aromatic heterocycles. The minimum Gasteiger partial charge on any atom is -0.322 e. The number of halogens is 3. The fraction of sp³-hybridized carbons (Fsp3) is 0. The Morgan fingerprint density at radius 3 is 2.62 bits per heavy atom.